The molecule has 0 saturated carbocycles. The average Bonchev–Trinajstić information content (AvgIpc) is 3.86. The topological polar surface area (TPSA) is 31.2 Å². The molecule has 49 heavy (non-hydrogen) atoms. The van der Waals surface area contributed by atoms with Crippen LogP contribution in [0, 0.1) is 0 Å². The smallest absolute Gasteiger partial charge is 0.139 e. The summed E-state index contributed by atoms with van der Waals surface area (Å²) in [6, 6.07) is 56.9. The number of nitrogens with zero attached hydrogens (tertiary/aromatic N) is 1. The van der Waals surface area contributed by atoms with Crippen LogP contribution in [-0.2, 0) is 0 Å². The first-order chi connectivity index (χ1) is 24.3. The predicted molar refractivity (Wildman–Crippen MR) is 204 cm³/mol. The number of aromatic nitrogens is 1. The zero-order valence-electron chi connectivity index (χ0n) is 26.4. The Bertz CT molecular complexity index is 3050. The van der Waals surface area contributed by atoms with Crippen molar-refractivity contribution in [2.24, 2.45) is 0 Å². The van der Waals surface area contributed by atoms with Crippen molar-refractivity contribution in [3.8, 4) is 27.9 Å². The van der Waals surface area contributed by atoms with Gasteiger partial charge in [-0.25, -0.2) is 0 Å². The normalized spacial score (nSPS) is 12.1. The van der Waals surface area contributed by atoms with Crippen molar-refractivity contribution >= 4 is 76.3 Å². The Morgan fingerprint density at radius 3 is 1.65 bits per heavy atom. The summed E-state index contributed by atoms with van der Waals surface area (Å²) in [5.41, 5.74) is 11.0. The average molecular weight is 626 g/mol. The summed E-state index contributed by atoms with van der Waals surface area (Å²) in [4.78, 5) is 0. The molecular formula is C46H27NO2. The summed E-state index contributed by atoms with van der Waals surface area (Å²) in [6.07, 6.45) is 1.73. The van der Waals surface area contributed by atoms with Crippen LogP contribution in [0.5, 0.6) is 0 Å². The van der Waals surface area contributed by atoms with Crippen molar-refractivity contribution in [3.63, 3.8) is 0 Å². The lowest BCUT2D eigenvalue weighted by Crippen LogP contribution is -1.93. The van der Waals surface area contributed by atoms with E-state index in [9.17, 15) is 0 Å². The first-order valence-electron chi connectivity index (χ1n) is 16.7. The Hall–Kier alpha value is -6.58. The van der Waals surface area contributed by atoms with E-state index in [1.165, 1.54) is 71.3 Å². The Balaban J connectivity index is 1.19. The summed E-state index contributed by atoms with van der Waals surface area (Å²) in [5.74, 6) is 0. The van der Waals surface area contributed by atoms with E-state index in [1.807, 2.05) is 12.1 Å². The summed E-state index contributed by atoms with van der Waals surface area (Å²) in [5, 5.41) is 10.7. The van der Waals surface area contributed by atoms with E-state index >= 15 is 0 Å². The molecule has 0 spiro atoms. The molecule has 8 aromatic carbocycles. The van der Waals surface area contributed by atoms with Gasteiger partial charge in [-0.3, -0.25) is 0 Å². The van der Waals surface area contributed by atoms with Crippen molar-refractivity contribution in [2.45, 2.75) is 0 Å². The number of hydrogen-bond donors (Lipinski definition) is 0. The fraction of sp³-hybridized carbons (Fsp3) is 0. The molecule has 3 aromatic heterocycles. The van der Waals surface area contributed by atoms with E-state index in [0.717, 1.165) is 32.9 Å². The highest BCUT2D eigenvalue weighted by Gasteiger charge is 2.20. The van der Waals surface area contributed by atoms with E-state index in [-0.39, 0.29) is 0 Å². The predicted octanol–water partition coefficient (Wildman–Crippen LogP) is 13.1. The SMILES string of the molecule is c1ccc(-n2c3ccccc3c3cc(-c4c5ccccc5c(-c5ccc6oc7cc8occc8cc7c6c5)c5ccccc45)ccc32)cc1. The number of hydrogen-bond acceptors (Lipinski definition) is 2. The molecule has 0 fully saturated rings. The number of para-hydroxylation sites is 2. The van der Waals surface area contributed by atoms with Crippen molar-refractivity contribution in [1.29, 1.82) is 0 Å². The molecule has 0 N–H and O–H groups in total. The van der Waals surface area contributed by atoms with Crippen LogP contribution in [-0.4, -0.2) is 4.57 Å². The summed E-state index contributed by atoms with van der Waals surface area (Å²) in [7, 11) is 0. The Morgan fingerprint density at radius 1 is 0.367 bits per heavy atom. The van der Waals surface area contributed by atoms with Crippen LogP contribution >= 0.6 is 0 Å². The zero-order valence-corrected chi connectivity index (χ0v) is 26.4. The minimum absolute atomic E-state index is 0.835. The van der Waals surface area contributed by atoms with E-state index < -0.39 is 0 Å². The second-order valence-electron chi connectivity index (χ2n) is 12.9. The van der Waals surface area contributed by atoms with Crippen LogP contribution in [0.2, 0.25) is 0 Å². The second kappa shape index (κ2) is 9.96. The number of fused-ring (bicyclic) bond motifs is 9. The van der Waals surface area contributed by atoms with E-state index in [2.05, 4.69) is 150 Å². The third-order valence-corrected chi connectivity index (χ3v) is 10.2. The van der Waals surface area contributed by atoms with Crippen LogP contribution in [0.25, 0.3) is 104 Å². The molecule has 0 aliphatic carbocycles. The summed E-state index contributed by atoms with van der Waals surface area (Å²) in [6.45, 7) is 0. The van der Waals surface area contributed by atoms with Gasteiger partial charge in [0, 0.05) is 38.7 Å². The number of benzene rings is 8. The maximum absolute atomic E-state index is 6.31. The molecule has 0 aliphatic heterocycles. The molecule has 0 amide bonds. The highest BCUT2D eigenvalue weighted by atomic mass is 16.3. The van der Waals surface area contributed by atoms with Crippen LogP contribution < -0.4 is 0 Å². The Labute approximate surface area is 280 Å². The molecule has 11 rings (SSSR count). The molecular weight excluding hydrogens is 599 g/mol. The van der Waals surface area contributed by atoms with Gasteiger partial charge in [-0.05, 0) is 98.4 Å². The van der Waals surface area contributed by atoms with Gasteiger partial charge in [0.1, 0.15) is 16.7 Å². The Morgan fingerprint density at radius 2 is 0.939 bits per heavy atom. The van der Waals surface area contributed by atoms with Gasteiger partial charge in [0.2, 0.25) is 0 Å². The zero-order chi connectivity index (χ0) is 32.1. The van der Waals surface area contributed by atoms with Crippen molar-refractivity contribution in [2.75, 3.05) is 0 Å². The van der Waals surface area contributed by atoms with Crippen LogP contribution in [0.1, 0.15) is 0 Å². The largest absolute Gasteiger partial charge is 0.464 e. The van der Waals surface area contributed by atoms with Crippen LogP contribution in [0.4, 0.5) is 0 Å². The van der Waals surface area contributed by atoms with Crippen LogP contribution in [0.15, 0.2) is 173 Å². The van der Waals surface area contributed by atoms with Gasteiger partial charge in [0.05, 0.1) is 17.3 Å². The van der Waals surface area contributed by atoms with Gasteiger partial charge in [-0.2, -0.15) is 0 Å². The van der Waals surface area contributed by atoms with Gasteiger partial charge in [-0.1, -0.05) is 97.1 Å². The molecule has 0 unspecified atom stereocenters. The first-order valence-corrected chi connectivity index (χ1v) is 16.7. The minimum atomic E-state index is 0.835. The standard InChI is InChI=1S/C46H27NO2/c1-2-10-31(11-3-1)47-40-17-9-8-12-32(40)37-25-29(18-20-41(37)47)45-33-13-4-6-15-35(33)46(36-16-7-5-14-34(36)45)30-19-21-42-38(26-30)39-24-28-22-23-48-43(28)27-44(39)49-42/h1-27H. The van der Waals surface area contributed by atoms with E-state index in [4.69, 9.17) is 8.83 Å². The van der Waals surface area contributed by atoms with E-state index in [1.54, 1.807) is 6.26 Å². The molecule has 3 heterocycles. The molecule has 0 saturated heterocycles. The van der Waals surface area contributed by atoms with Gasteiger partial charge < -0.3 is 13.4 Å². The highest BCUT2D eigenvalue weighted by molar-refractivity contribution is 6.23. The lowest BCUT2D eigenvalue weighted by Gasteiger charge is -2.18. The molecule has 3 heteroatoms. The molecule has 3 nitrogen and oxygen atoms in total. The monoisotopic (exact) mass is 625 g/mol. The third-order valence-electron chi connectivity index (χ3n) is 10.2. The maximum Gasteiger partial charge on any atom is 0.139 e. The highest BCUT2D eigenvalue weighted by Crippen LogP contribution is 2.46. The van der Waals surface area contributed by atoms with Crippen molar-refractivity contribution < 1.29 is 8.83 Å². The van der Waals surface area contributed by atoms with Gasteiger partial charge in [-0.15, -0.1) is 0 Å². The number of rotatable bonds is 3. The maximum atomic E-state index is 6.31. The van der Waals surface area contributed by atoms with Gasteiger partial charge in [0.15, 0.2) is 0 Å². The molecule has 0 bridgehead atoms. The first kappa shape index (κ1) is 26.5. The van der Waals surface area contributed by atoms with Gasteiger partial charge in [0.25, 0.3) is 0 Å². The minimum Gasteiger partial charge on any atom is -0.464 e. The quantitative estimate of drug-likeness (QED) is 0.183. The van der Waals surface area contributed by atoms with Crippen molar-refractivity contribution in [3.05, 3.63) is 164 Å². The number of furan rings is 2. The molecule has 0 atom stereocenters. The molecule has 0 radical (unpaired) electrons. The lowest BCUT2D eigenvalue weighted by atomic mass is 9.85. The summed E-state index contributed by atoms with van der Waals surface area (Å²) >= 11 is 0. The molecule has 228 valence electrons. The van der Waals surface area contributed by atoms with Gasteiger partial charge >= 0.3 is 0 Å². The second-order valence-corrected chi connectivity index (χ2v) is 12.9. The Kier molecular flexibility index (Phi) is 5.38. The third kappa shape index (κ3) is 3.78. The van der Waals surface area contributed by atoms with E-state index in [0.29, 0.717) is 0 Å². The van der Waals surface area contributed by atoms with Crippen molar-refractivity contribution in [1.82, 2.24) is 4.57 Å². The summed E-state index contributed by atoms with van der Waals surface area (Å²) < 4.78 is 14.3. The fourth-order valence-electron chi connectivity index (χ4n) is 8.12. The molecule has 0 aliphatic rings. The lowest BCUT2D eigenvalue weighted by molar-refractivity contribution is 0.613. The molecule has 11 aromatic rings. The fourth-order valence-corrected chi connectivity index (χ4v) is 8.12. The van der Waals surface area contributed by atoms with Crippen LogP contribution in [0.3, 0.4) is 0 Å².